The lowest BCUT2D eigenvalue weighted by Gasteiger charge is -2.13. The lowest BCUT2D eigenvalue weighted by Crippen LogP contribution is -2.29. The molecule has 0 heterocycles. The van der Waals surface area contributed by atoms with Gasteiger partial charge in [-0.15, -0.1) is 0 Å². The van der Waals surface area contributed by atoms with Crippen LogP contribution in [0.15, 0.2) is 22.7 Å². The molecule has 0 aliphatic heterocycles. The first kappa shape index (κ1) is 17.1. The minimum atomic E-state index is -0.303. The van der Waals surface area contributed by atoms with Gasteiger partial charge in [0.15, 0.2) is 0 Å². The molecule has 20 heavy (non-hydrogen) atoms. The standard InChI is InChI=1S/C15H22BrFN2O/c1-10(4-3-5-11(2)18)15(20)19-9-12-8-13(17)6-7-14(12)16/h6-8,10-11H,3-5,9,18H2,1-2H3,(H,19,20). The summed E-state index contributed by atoms with van der Waals surface area (Å²) in [6.45, 7) is 4.19. The second-order valence-electron chi connectivity index (χ2n) is 5.26. The van der Waals surface area contributed by atoms with E-state index >= 15 is 0 Å². The van der Waals surface area contributed by atoms with Crippen LogP contribution in [0.4, 0.5) is 4.39 Å². The number of hydrogen-bond acceptors (Lipinski definition) is 2. The van der Waals surface area contributed by atoms with Crippen LogP contribution in [0.2, 0.25) is 0 Å². The van der Waals surface area contributed by atoms with Gasteiger partial charge in [-0.3, -0.25) is 4.79 Å². The van der Waals surface area contributed by atoms with Crippen molar-refractivity contribution in [1.82, 2.24) is 5.32 Å². The number of hydrogen-bond donors (Lipinski definition) is 2. The van der Waals surface area contributed by atoms with Crippen LogP contribution in [0, 0.1) is 11.7 Å². The molecule has 0 fully saturated rings. The second kappa shape index (κ2) is 8.37. The van der Waals surface area contributed by atoms with E-state index in [9.17, 15) is 9.18 Å². The zero-order valence-corrected chi connectivity index (χ0v) is 13.5. The molecule has 1 aromatic rings. The minimum Gasteiger partial charge on any atom is -0.352 e. The number of carbonyl (C=O) groups excluding carboxylic acids is 1. The zero-order valence-electron chi connectivity index (χ0n) is 12.0. The van der Waals surface area contributed by atoms with Gasteiger partial charge in [0.05, 0.1) is 0 Å². The van der Waals surface area contributed by atoms with Gasteiger partial charge in [0.25, 0.3) is 0 Å². The van der Waals surface area contributed by atoms with Crippen molar-refractivity contribution in [2.24, 2.45) is 11.7 Å². The molecule has 3 nitrogen and oxygen atoms in total. The second-order valence-corrected chi connectivity index (χ2v) is 6.12. The summed E-state index contributed by atoms with van der Waals surface area (Å²) in [5.41, 5.74) is 6.42. The van der Waals surface area contributed by atoms with Gasteiger partial charge in [0.2, 0.25) is 5.91 Å². The van der Waals surface area contributed by atoms with Gasteiger partial charge >= 0.3 is 0 Å². The average molecular weight is 345 g/mol. The summed E-state index contributed by atoms with van der Waals surface area (Å²) in [6.07, 6.45) is 2.68. The monoisotopic (exact) mass is 344 g/mol. The third-order valence-corrected chi connectivity index (χ3v) is 3.98. The van der Waals surface area contributed by atoms with Crippen LogP contribution in [-0.4, -0.2) is 11.9 Å². The Morgan fingerprint density at radius 1 is 1.40 bits per heavy atom. The summed E-state index contributed by atoms with van der Waals surface area (Å²) in [6, 6.07) is 4.62. The number of nitrogens with two attached hydrogens (primary N) is 1. The molecule has 1 aromatic carbocycles. The fourth-order valence-electron chi connectivity index (χ4n) is 1.91. The van der Waals surface area contributed by atoms with Crippen LogP contribution in [0.25, 0.3) is 0 Å². The number of benzene rings is 1. The molecule has 0 aliphatic carbocycles. The Morgan fingerprint density at radius 2 is 2.10 bits per heavy atom. The molecule has 1 amide bonds. The van der Waals surface area contributed by atoms with E-state index in [1.807, 2.05) is 13.8 Å². The first-order valence-electron chi connectivity index (χ1n) is 6.87. The Labute approximate surface area is 128 Å². The summed E-state index contributed by atoms with van der Waals surface area (Å²) in [4.78, 5) is 11.9. The molecule has 0 saturated carbocycles. The number of rotatable bonds is 7. The van der Waals surface area contributed by atoms with E-state index in [-0.39, 0.29) is 23.7 Å². The SMILES string of the molecule is CC(N)CCCC(C)C(=O)NCc1cc(F)ccc1Br. The van der Waals surface area contributed by atoms with Crippen molar-refractivity contribution in [1.29, 1.82) is 0 Å². The van der Waals surface area contributed by atoms with Crippen molar-refractivity contribution >= 4 is 21.8 Å². The molecule has 0 aliphatic rings. The van der Waals surface area contributed by atoms with Crippen LogP contribution < -0.4 is 11.1 Å². The maximum absolute atomic E-state index is 13.1. The molecule has 0 bridgehead atoms. The van der Waals surface area contributed by atoms with Gasteiger partial charge in [0, 0.05) is 23.0 Å². The highest BCUT2D eigenvalue weighted by atomic mass is 79.9. The van der Waals surface area contributed by atoms with Gasteiger partial charge in [-0.1, -0.05) is 29.3 Å². The fourth-order valence-corrected chi connectivity index (χ4v) is 2.30. The van der Waals surface area contributed by atoms with Gasteiger partial charge in [-0.2, -0.15) is 0 Å². The lowest BCUT2D eigenvalue weighted by molar-refractivity contribution is -0.124. The minimum absolute atomic E-state index is 0.00849. The average Bonchev–Trinajstić information content (AvgIpc) is 2.38. The summed E-state index contributed by atoms with van der Waals surface area (Å²) in [5, 5.41) is 2.84. The Balaban J connectivity index is 2.40. The fraction of sp³-hybridized carbons (Fsp3) is 0.533. The van der Waals surface area contributed by atoms with E-state index in [2.05, 4.69) is 21.2 Å². The topological polar surface area (TPSA) is 55.1 Å². The summed E-state index contributed by atoms with van der Waals surface area (Å²) in [7, 11) is 0. The molecule has 2 atom stereocenters. The van der Waals surface area contributed by atoms with E-state index in [1.165, 1.54) is 12.1 Å². The van der Waals surface area contributed by atoms with Crippen molar-refractivity contribution in [2.45, 2.75) is 45.7 Å². The number of halogens is 2. The van der Waals surface area contributed by atoms with Gasteiger partial charge in [-0.25, -0.2) is 4.39 Å². The Morgan fingerprint density at radius 3 is 2.75 bits per heavy atom. The number of carbonyl (C=O) groups is 1. The van der Waals surface area contributed by atoms with Gasteiger partial charge in [0.1, 0.15) is 5.82 Å². The van der Waals surface area contributed by atoms with Crippen LogP contribution in [0.1, 0.15) is 38.7 Å². The highest BCUT2D eigenvalue weighted by Gasteiger charge is 2.13. The molecule has 0 radical (unpaired) electrons. The third kappa shape index (κ3) is 6.01. The van der Waals surface area contributed by atoms with Crippen molar-refractivity contribution in [3.05, 3.63) is 34.1 Å². The first-order valence-corrected chi connectivity index (χ1v) is 7.66. The maximum Gasteiger partial charge on any atom is 0.223 e. The highest BCUT2D eigenvalue weighted by Crippen LogP contribution is 2.18. The van der Waals surface area contributed by atoms with Crippen LogP contribution in [0.3, 0.4) is 0 Å². The smallest absolute Gasteiger partial charge is 0.223 e. The summed E-state index contributed by atoms with van der Waals surface area (Å²) in [5.74, 6) is -0.366. The highest BCUT2D eigenvalue weighted by molar-refractivity contribution is 9.10. The normalized spacial score (nSPS) is 13.8. The van der Waals surface area contributed by atoms with Crippen molar-refractivity contribution in [2.75, 3.05) is 0 Å². The first-order chi connectivity index (χ1) is 9.40. The van der Waals surface area contributed by atoms with Crippen molar-refractivity contribution in [3.8, 4) is 0 Å². The molecule has 0 aromatic heterocycles. The van der Waals surface area contributed by atoms with E-state index < -0.39 is 0 Å². The summed E-state index contributed by atoms with van der Waals surface area (Å²) >= 11 is 3.34. The Bertz CT molecular complexity index is 451. The van der Waals surface area contributed by atoms with E-state index in [1.54, 1.807) is 6.07 Å². The van der Waals surface area contributed by atoms with Crippen molar-refractivity contribution < 1.29 is 9.18 Å². The predicted octanol–water partition coefficient (Wildman–Crippen LogP) is 3.36. The van der Waals surface area contributed by atoms with Crippen LogP contribution in [-0.2, 0) is 11.3 Å². The van der Waals surface area contributed by atoms with E-state index in [0.29, 0.717) is 6.54 Å². The van der Waals surface area contributed by atoms with Crippen LogP contribution in [0.5, 0.6) is 0 Å². The summed E-state index contributed by atoms with van der Waals surface area (Å²) < 4.78 is 13.9. The molecule has 1 rings (SSSR count). The number of nitrogens with one attached hydrogen (secondary N) is 1. The van der Waals surface area contributed by atoms with E-state index in [0.717, 1.165) is 29.3 Å². The molecule has 0 spiro atoms. The van der Waals surface area contributed by atoms with Gasteiger partial charge < -0.3 is 11.1 Å². The van der Waals surface area contributed by atoms with E-state index in [4.69, 9.17) is 5.73 Å². The lowest BCUT2D eigenvalue weighted by atomic mass is 10.0. The third-order valence-electron chi connectivity index (χ3n) is 3.21. The molecule has 0 saturated heterocycles. The molecule has 3 N–H and O–H groups in total. The molecule has 112 valence electrons. The molecule has 2 unspecified atom stereocenters. The van der Waals surface area contributed by atoms with Crippen molar-refractivity contribution in [3.63, 3.8) is 0 Å². The molecule has 5 heteroatoms. The Kier molecular flexibility index (Phi) is 7.16. The van der Waals surface area contributed by atoms with Crippen LogP contribution >= 0.6 is 15.9 Å². The predicted molar refractivity (Wildman–Crippen MR) is 82.6 cm³/mol. The quantitative estimate of drug-likeness (QED) is 0.796. The maximum atomic E-state index is 13.1. The molecular formula is C15H22BrFN2O. The zero-order chi connectivity index (χ0) is 15.1. The largest absolute Gasteiger partial charge is 0.352 e. The molecular weight excluding hydrogens is 323 g/mol. The Hall–Kier alpha value is -0.940. The number of amides is 1. The van der Waals surface area contributed by atoms with Gasteiger partial charge in [-0.05, 0) is 43.5 Å².